The van der Waals surface area contributed by atoms with Crippen molar-refractivity contribution in [2.75, 3.05) is 5.73 Å². The van der Waals surface area contributed by atoms with Gasteiger partial charge in [-0.1, -0.05) is 0 Å². The van der Waals surface area contributed by atoms with Gasteiger partial charge in [-0.3, -0.25) is 4.79 Å². The van der Waals surface area contributed by atoms with Crippen LogP contribution < -0.4 is 11.1 Å². The molecule has 1 saturated carbocycles. The Hall–Kier alpha value is -1.58. The smallest absolute Gasteiger partial charge is 0.255 e. The topological polar surface area (TPSA) is 68.0 Å². The van der Waals surface area contributed by atoms with E-state index in [0.717, 1.165) is 0 Å². The molecule has 1 aromatic heterocycles. The number of amides is 1. The highest BCUT2D eigenvalue weighted by molar-refractivity contribution is 5.98. The van der Waals surface area contributed by atoms with E-state index in [9.17, 15) is 4.79 Å². The van der Waals surface area contributed by atoms with E-state index >= 15 is 0 Å². The molecule has 4 heteroatoms. The lowest BCUT2D eigenvalue weighted by Crippen LogP contribution is -2.45. The summed E-state index contributed by atoms with van der Waals surface area (Å²) in [6.45, 7) is 4.10. The summed E-state index contributed by atoms with van der Waals surface area (Å²) in [6.07, 6.45) is 3.96. The van der Waals surface area contributed by atoms with Gasteiger partial charge in [0.15, 0.2) is 0 Å². The van der Waals surface area contributed by atoms with Crippen LogP contribution in [0.2, 0.25) is 0 Å². The number of carbonyl (C=O) groups is 1. The van der Waals surface area contributed by atoms with Crippen molar-refractivity contribution in [3.63, 3.8) is 0 Å². The largest absolute Gasteiger partial charge is 0.383 e. The molecule has 0 unspecified atom stereocenters. The van der Waals surface area contributed by atoms with Crippen LogP contribution in [-0.4, -0.2) is 16.4 Å². The van der Waals surface area contributed by atoms with Gasteiger partial charge in [0.05, 0.1) is 5.56 Å². The minimum absolute atomic E-state index is 0.137. The Balaban J connectivity index is 2.11. The molecule has 16 heavy (non-hydrogen) atoms. The predicted molar refractivity (Wildman–Crippen MR) is 62.9 cm³/mol. The number of nitrogens with one attached hydrogen (secondary N) is 1. The summed E-state index contributed by atoms with van der Waals surface area (Å²) >= 11 is 0. The molecule has 0 bridgehead atoms. The van der Waals surface area contributed by atoms with E-state index < -0.39 is 0 Å². The van der Waals surface area contributed by atoms with Crippen LogP contribution in [0.1, 0.15) is 37.0 Å². The molecule has 0 aliphatic heterocycles. The average molecular weight is 219 g/mol. The molecule has 0 atom stereocenters. The molecule has 86 valence electrons. The second kappa shape index (κ2) is 3.77. The summed E-state index contributed by atoms with van der Waals surface area (Å²) < 4.78 is 0. The maximum Gasteiger partial charge on any atom is 0.255 e. The molecule has 1 aliphatic rings. The van der Waals surface area contributed by atoms with Crippen LogP contribution in [0.3, 0.4) is 0 Å². The van der Waals surface area contributed by atoms with E-state index in [1.165, 1.54) is 12.8 Å². The van der Waals surface area contributed by atoms with Crippen LogP contribution in [0.15, 0.2) is 18.3 Å². The van der Waals surface area contributed by atoms with Crippen molar-refractivity contribution >= 4 is 11.7 Å². The molecule has 0 spiro atoms. The van der Waals surface area contributed by atoms with Gasteiger partial charge in [-0.05, 0) is 44.7 Å². The Kier molecular flexibility index (Phi) is 2.58. The number of hydrogen-bond acceptors (Lipinski definition) is 3. The molecule has 4 nitrogen and oxygen atoms in total. The SMILES string of the molecule is CC(C)(NC(=O)c1cccnc1N)C1CC1. The van der Waals surface area contributed by atoms with Crippen LogP contribution in [-0.2, 0) is 0 Å². The molecule has 1 aliphatic carbocycles. The summed E-state index contributed by atoms with van der Waals surface area (Å²) in [7, 11) is 0. The van der Waals surface area contributed by atoms with Gasteiger partial charge in [-0.15, -0.1) is 0 Å². The zero-order valence-electron chi connectivity index (χ0n) is 9.66. The van der Waals surface area contributed by atoms with Crippen LogP contribution >= 0.6 is 0 Å². The van der Waals surface area contributed by atoms with Gasteiger partial charge in [-0.2, -0.15) is 0 Å². The molecule has 1 amide bonds. The van der Waals surface area contributed by atoms with Crippen molar-refractivity contribution in [1.29, 1.82) is 0 Å². The first kappa shape index (κ1) is 10.9. The molecular formula is C12H17N3O. The third-order valence-electron chi connectivity index (χ3n) is 3.12. The van der Waals surface area contributed by atoms with Crippen molar-refractivity contribution in [3.8, 4) is 0 Å². The fourth-order valence-electron chi connectivity index (χ4n) is 1.88. The van der Waals surface area contributed by atoms with Gasteiger partial charge in [0.25, 0.3) is 5.91 Å². The van der Waals surface area contributed by atoms with Crippen molar-refractivity contribution in [2.24, 2.45) is 5.92 Å². The number of nitrogens with two attached hydrogens (primary N) is 1. The highest BCUT2D eigenvalue weighted by atomic mass is 16.1. The number of rotatable bonds is 3. The number of carbonyl (C=O) groups excluding carboxylic acids is 1. The highest BCUT2D eigenvalue weighted by Crippen LogP contribution is 2.39. The Morgan fingerprint density at radius 3 is 2.81 bits per heavy atom. The lowest BCUT2D eigenvalue weighted by Gasteiger charge is -2.26. The van der Waals surface area contributed by atoms with E-state index in [0.29, 0.717) is 11.5 Å². The molecule has 0 aromatic carbocycles. The van der Waals surface area contributed by atoms with E-state index in [1.54, 1.807) is 18.3 Å². The minimum atomic E-state index is -0.153. The molecule has 1 fully saturated rings. The van der Waals surface area contributed by atoms with Crippen LogP contribution in [0.25, 0.3) is 0 Å². The molecule has 1 aromatic rings. The highest BCUT2D eigenvalue weighted by Gasteiger charge is 2.39. The first-order valence-electron chi connectivity index (χ1n) is 5.54. The first-order chi connectivity index (χ1) is 7.50. The second-order valence-electron chi connectivity index (χ2n) is 4.89. The maximum atomic E-state index is 12.0. The van der Waals surface area contributed by atoms with Crippen molar-refractivity contribution < 1.29 is 4.79 Å². The Morgan fingerprint density at radius 2 is 2.25 bits per heavy atom. The summed E-state index contributed by atoms with van der Waals surface area (Å²) in [5.74, 6) is 0.739. The molecule has 0 radical (unpaired) electrons. The summed E-state index contributed by atoms with van der Waals surface area (Å²) in [4.78, 5) is 15.9. The van der Waals surface area contributed by atoms with Crippen molar-refractivity contribution in [2.45, 2.75) is 32.2 Å². The van der Waals surface area contributed by atoms with E-state index in [-0.39, 0.29) is 17.3 Å². The van der Waals surface area contributed by atoms with Crippen molar-refractivity contribution in [1.82, 2.24) is 10.3 Å². The number of nitrogen functional groups attached to an aromatic ring is 1. The molecular weight excluding hydrogens is 202 g/mol. The number of nitrogens with zero attached hydrogens (tertiary/aromatic N) is 1. The normalized spacial score (nSPS) is 15.9. The zero-order chi connectivity index (χ0) is 11.8. The summed E-state index contributed by atoms with van der Waals surface area (Å²) in [6, 6.07) is 3.41. The number of hydrogen-bond donors (Lipinski definition) is 2. The lowest BCUT2D eigenvalue weighted by molar-refractivity contribution is 0.0904. The van der Waals surface area contributed by atoms with Gasteiger partial charge in [0, 0.05) is 11.7 Å². The van der Waals surface area contributed by atoms with Crippen LogP contribution in [0, 0.1) is 5.92 Å². The van der Waals surface area contributed by atoms with Gasteiger partial charge in [0.1, 0.15) is 5.82 Å². The number of anilines is 1. The fourth-order valence-corrected chi connectivity index (χ4v) is 1.88. The maximum absolute atomic E-state index is 12.0. The predicted octanol–water partition coefficient (Wildman–Crippen LogP) is 1.58. The average Bonchev–Trinajstić information content (AvgIpc) is 3.00. The lowest BCUT2D eigenvalue weighted by atomic mass is 9.98. The van der Waals surface area contributed by atoms with Gasteiger partial charge >= 0.3 is 0 Å². The fraction of sp³-hybridized carbons (Fsp3) is 0.500. The summed E-state index contributed by atoms with van der Waals surface area (Å²) in [5.41, 5.74) is 5.96. The Morgan fingerprint density at radius 1 is 1.56 bits per heavy atom. The molecule has 3 N–H and O–H groups in total. The van der Waals surface area contributed by atoms with Crippen LogP contribution in [0.4, 0.5) is 5.82 Å². The second-order valence-corrected chi connectivity index (χ2v) is 4.89. The van der Waals surface area contributed by atoms with Gasteiger partial charge in [-0.25, -0.2) is 4.98 Å². The Labute approximate surface area is 95.3 Å². The number of aromatic nitrogens is 1. The van der Waals surface area contributed by atoms with E-state index in [4.69, 9.17) is 5.73 Å². The zero-order valence-corrected chi connectivity index (χ0v) is 9.66. The molecule has 2 rings (SSSR count). The molecule has 0 saturated heterocycles. The molecule has 1 heterocycles. The third-order valence-corrected chi connectivity index (χ3v) is 3.12. The Bertz CT molecular complexity index is 410. The standard InChI is InChI=1S/C12H17N3O/c1-12(2,8-5-6-8)15-11(16)9-4-3-7-14-10(9)13/h3-4,7-8H,5-6H2,1-2H3,(H2,13,14)(H,15,16). The van der Waals surface area contributed by atoms with Crippen molar-refractivity contribution in [3.05, 3.63) is 23.9 Å². The van der Waals surface area contributed by atoms with Crippen LogP contribution in [0.5, 0.6) is 0 Å². The van der Waals surface area contributed by atoms with E-state index in [1.807, 2.05) is 0 Å². The van der Waals surface area contributed by atoms with Gasteiger partial charge in [0.2, 0.25) is 0 Å². The third kappa shape index (κ3) is 2.15. The van der Waals surface area contributed by atoms with E-state index in [2.05, 4.69) is 24.1 Å². The first-order valence-corrected chi connectivity index (χ1v) is 5.54. The minimum Gasteiger partial charge on any atom is -0.383 e. The monoisotopic (exact) mass is 219 g/mol. The van der Waals surface area contributed by atoms with Gasteiger partial charge < -0.3 is 11.1 Å². The summed E-state index contributed by atoms with van der Waals surface area (Å²) in [5, 5.41) is 3.02. The number of pyridine rings is 1. The quantitative estimate of drug-likeness (QED) is 0.811.